The average molecular weight is 323 g/mol. The van der Waals surface area contributed by atoms with Gasteiger partial charge in [-0.05, 0) is 40.2 Å². The molecular weight excluding hydrogens is 312 g/mol. The minimum Gasteiger partial charge on any atom is -0.496 e. The number of rotatable bonds is 4. The Morgan fingerprint density at radius 1 is 1.53 bits per heavy atom. The molecule has 2 N–H and O–H groups in total. The topological polar surface area (TPSA) is 75.2 Å². The van der Waals surface area contributed by atoms with Crippen LogP contribution in [-0.4, -0.2) is 28.2 Å². The number of ether oxygens (including phenoxy) is 1. The average Bonchev–Trinajstić information content (AvgIpc) is 2.85. The molecule has 0 saturated carbocycles. The maximum Gasteiger partial charge on any atom is 0.328 e. The van der Waals surface area contributed by atoms with E-state index in [2.05, 4.69) is 25.9 Å². The first kappa shape index (κ1) is 13.4. The fraction of sp³-hybridized carbons (Fsp3) is 0.0769. The summed E-state index contributed by atoms with van der Waals surface area (Å²) in [6.45, 7) is 0. The van der Waals surface area contributed by atoms with Crippen LogP contribution in [-0.2, 0) is 4.79 Å². The second-order valence-corrected chi connectivity index (χ2v) is 4.56. The van der Waals surface area contributed by atoms with Crippen LogP contribution in [0.4, 0.5) is 0 Å². The summed E-state index contributed by atoms with van der Waals surface area (Å²) in [5.74, 6) is 0.226. The van der Waals surface area contributed by atoms with Crippen LogP contribution in [0.3, 0.4) is 0 Å². The monoisotopic (exact) mass is 322 g/mol. The summed E-state index contributed by atoms with van der Waals surface area (Å²) >= 11 is 3.41. The summed E-state index contributed by atoms with van der Waals surface area (Å²) in [5, 5.41) is 8.54. The third-order valence-corrected chi connectivity index (χ3v) is 3.06. The third kappa shape index (κ3) is 3.23. The van der Waals surface area contributed by atoms with Crippen LogP contribution in [0.5, 0.6) is 5.75 Å². The van der Waals surface area contributed by atoms with E-state index in [4.69, 9.17) is 9.84 Å². The van der Waals surface area contributed by atoms with E-state index in [0.717, 1.165) is 27.6 Å². The molecule has 0 unspecified atom stereocenters. The molecule has 0 atom stereocenters. The van der Waals surface area contributed by atoms with Crippen molar-refractivity contribution >= 4 is 28.0 Å². The number of hydrogen-bond donors (Lipinski definition) is 2. The minimum absolute atomic E-state index is 0.490. The number of methoxy groups -OCH3 is 1. The number of nitrogens with one attached hydrogen (secondary N) is 1. The van der Waals surface area contributed by atoms with Crippen molar-refractivity contribution in [2.45, 2.75) is 0 Å². The molecule has 2 rings (SSSR count). The Morgan fingerprint density at radius 3 is 2.95 bits per heavy atom. The number of imidazole rings is 1. The maximum atomic E-state index is 10.4. The number of carboxylic acid groups (broad SMARTS) is 1. The summed E-state index contributed by atoms with van der Waals surface area (Å²) in [7, 11) is 1.60. The predicted molar refractivity (Wildman–Crippen MR) is 74.9 cm³/mol. The van der Waals surface area contributed by atoms with Crippen LogP contribution in [0.1, 0.15) is 5.82 Å². The molecule has 1 heterocycles. The van der Waals surface area contributed by atoms with Crippen LogP contribution in [0.2, 0.25) is 0 Å². The van der Waals surface area contributed by atoms with Gasteiger partial charge in [0, 0.05) is 11.6 Å². The molecule has 5 nitrogen and oxygen atoms in total. The number of carbonyl (C=O) groups is 1. The van der Waals surface area contributed by atoms with Crippen molar-refractivity contribution in [2.24, 2.45) is 0 Å². The van der Waals surface area contributed by atoms with Gasteiger partial charge < -0.3 is 14.8 Å². The molecule has 2 aromatic rings. The number of aromatic amines is 1. The molecule has 0 radical (unpaired) electrons. The van der Waals surface area contributed by atoms with E-state index in [1.54, 1.807) is 13.3 Å². The number of H-pyrrole nitrogens is 1. The van der Waals surface area contributed by atoms with Gasteiger partial charge in [0.25, 0.3) is 0 Å². The van der Waals surface area contributed by atoms with E-state index in [0.29, 0.717) is 5.82 Å². The largest absolute Gasteiger partial charge is 0.496 e. The van der Waals surface area contributed by atoms with Gasteiger partial charge in [-0.2, -0.15) is 0 Å². The van der Waals surface area contributed by atoms with Crippen molar-refractivity contribution in [3.63, 3.8) is 0 Å². The Balaban J connectivity index is 2.27. The molecule has 0 amide bonds. The molecule has 19 heavy (non-hydrogen) atoms. The third-order valence-electron chi connectivity index (χ3n) is 2.44. The number of carboxylic acids is 1. The molecule has 1 aromatic heterocycles. The van der Waals surface area contributed by atoms with Crippen molar-refractivity contribution in [3.05, 3.63) is 40.8 Å². The SMILES string of the molecule is COc1ccc(-c2cnc(/C=C/C(=O)O)[nH]2)cc1Br. The Hall–Kier alpha value is -2.08. The molecular formula is C13H11BrN2O3. The van der Waals surface area contributed by atoms with Crippen molar-refractivity contribution in [1.82, 2.24) is 9.97 Å². The van der Waals surface area contributed by atoms with Gasteiger partial charge >= 0.3 is 5.97 Å². The highest BCUT2D eigenvalue weighted by Crippen LogP contribution is 2.29. The van der Waals surface area contributed by atoms with Crippen LogP contribution >= 0.6 is 15.9 Å². The van der Waals surface area contributed by atoms with E-state index in [1.165, 1.54) is 6.08 Å². The Morgan fingerprint density at radius 2 is 2.32 bits per heavy atom. The van der Waals surface area contributed by atoms with Gasteiger partial charge in [0.05, 0.1) is 23.5 Å². The Kier molecular flexibility index (Phi) is 4.01. The van der Waals surface area contributed by atoms with Gasteiger partial charge in [-0.3, -0.25) is 0 Å². The second kappa shape index (κ2) is 5.71. The number of aliphatic carboxylic acids is 1. The second-order valence-electron chi connectivity index (χ2n) is 3.70. The minimum atomic E-state index is -1.01. The molecule has 0 aliphatic heterocycles. The highest BCUT2D eigenvalue weighted by atomic mass is 79.9. The predicted octanol–water partition coefficient (Wildman–Crippen LogP) is 2.95. The Labute approximate surface area is 118 Å². The van der Waals surface area contributed by atoms with Gasteiger partial charge in [-0.1, -0.05) is 0 Å². The lowest BCUT2D eigenvalue weighted by Gasteiger charge is -2.04. The van der Waals surface area contributed by atoms with Crippen molar-refractivity contribution in [3.8, 4) is 17.0 Å². The first-order valence-electron chi connectivity index (χ1n) is 5.40. The summed E-state index contributed by atoms with van der Waals surface area (Å²) in [5.41, 5.74) is 1.73. The maximum absolute atomic E-state index is 10.4. The zero-order valence-corrected chi connectivity index (χ0v) is 11.6. The van der Waals surface area contributed by atoms with Gasteiger partial charge in [0.2, 0.25) is 0 Å². The number of nitrogens with zero attached hydrogens (tertiary/aromatic N) is 1. The van der Waals surface area contributed by atoms with Crippen molar-refractivity contribution in [2.75, 3.05) is 7.11 Å². The first-order chi connectivity index (χ1) is 9.10. The highest BCUT2D eigenvalue weighted by Gasteiger charge is 2.05. The summed E-state index contributed by atoms with van der Waals surface area (Å²) in [4.78, 5) is 17.5. The number of halogens is 1. The summed E-state index contributed by atoms with van der Waals surface area (Å²) < 4.78 is 5.99. The zero-order chi connectivity index (χ0) is 13.8. The Bertz CT molecular complexity index is 635. The van der Waals surface area contributed by atoms with E-state index in [9.17, 15) is 4.79 Å². The lowest BCUT2D eigenvalue weighted by Crippen LogP contribution is -1.87. The van der Waals surface area contributed by atoms with Gasteiger partial charge in [-0.25, -0.2) is 9.78 Å². The molecule has 0 saturated heterocycles. The van der Waals surface area contributed by atoms with Gasteiger partial charge in [0.15, 0.2) is 0 Å². The molecule has 0 fully saturated rings. The lowest BCUT2D eigenvalue weighted by atomic mass is 10.2. The molecule has 98 valence electrons. The quantitative estimate of drug-likeness (QED) is 0.848. The fourth-order valence-corrected chi connectivity index (χ4v) is 2.09. The van der Waals surface area contributed by atoms with E-state index in [-0.39, 0.29) is 0 Å². The normalized spacial score (nSPS) is 10.8. The lowest BCUT2D eigenvalue weighted by molar-refractivity contribution is -0.131. The highest BCUT2D eigenvalue weighted by molar-refractivity contribution is 9.10. The van der Waals surface area contributed by atoms with Crippen LogP contribution < -0.4 is 4.74 Å². The molecule has 1 aromatic carbocycles. The standard InChI is InChI=1S/C13H11BrN2O3/c1-19-11-3-2-8(6-9(11)14)10-7-15-12(16-10)4-5-13(17)18/h2-7H,1H3,(H,15,16)(H,17,18)/b5-4+. The van der Waals surface area contributed by atoms with E-state index in [1.807, 2.05) is 18.2 Å². The molecule has 6 heteroatoms. The summed E-state index contributed by atoms with van der Waals surface area (Å²) in [6, 6.07) is 5.63. The fourth-order valence-electron chi connectivity index (χ4n) is 1.55. The number of hydrogen-bond acceptors (Lipinski definition) is 3. The van der Waals surface area contributed by atoms with Gasteiger partial charge in [-0.15, -0.1) is 0 Å². The van der Waals surface area contributed by atoms with Crippen LogP contribution in [0.25, 0.3) is 17.3 Å². The molecule has 0 aliphatic rings. The smallest absolute Gasteiger partial charge is 0.328 e. The van der Waals surface area contributed by atoms with Gasteiger partial charge in [0.1, 0.15) is 11.6 Å². The van der Waals surface area contributed by atoms with Crippen LogP contribution in [0, 0.1) is 0 Å². The van der Waals surface area contributed by atoms with E-state index < -0.39 is 5.97 Å². The molecule has 0 bridgehead atoms. The number of benzene rings is 1. The van der Waals surface area contributed by atoms with Crippen LogP contribution in [0.15, 0.2) is 34.9 Å². The van der Waals surface area contributed by atoms with Crippen molar-refractivity contribution < 1.29 is 14.6 Å². The molecule has 0 aliphatic carbocycles. The first-order valence-corrected chi connectivity index (χ1v) is 6.19. The summed E-state index contributed by atoms with van der Waals surface area (Å²) in [6.07, 6.45) is 4.09. The molecule has 0 spiro atoms. The number of aromatic nitrogens is 2. The van der Waals surface area contributed by atoms with Crippen molar-refractivity contribution in [1.29, 1.82) is 0 Å². The van der Waals surface area contributed by atoms with E-state index >= 15 is 0 Å². The zero-order valence-electron chi connectivity index (χ0n) is 10.1.